The molecule has 0 saturated heterocycles. The SMILES string of the molecule is C=C(/C=C(/c1ccccc1)N(C)CC(=O)C=C1CCc2c(F)ccc(F)c2CC1)c1ccccc1. The third kappa shape index (κ3) is 6.02. The molecule has 3 aromatic rings. The first-order chi connectivity index (χ1) is 16.9. The molecule has 0 fully saturated rings. The molecule has 0 bridgehead atoms. The molecule has 3 aromatic carbocycles. The Labute approximate surface area is 205 Å². The molecule has 0 N–H and O–H groups in total. The van der Waals surface area contributed by atoms with Crippen molar-refractivity contribution >= 4 is 17.1 Å². The van der Waals surface area contributed by atoms with Gasteiger partial charge in [0.05, 0.1) is 6.54 Å². The fourth-order valence-corrected chi connectivity index (χ4v) is 4.53. The summed E-state index contributed by atoms with van der Waals surface area (Å²) in [5.41, 5.74) is 5.55. The third-order valence-corrected chi connectivity index (χ3v) is 6.40. The van der Waals surface area contributed by atoms with Crippen LogP contribution in [0.4, 0.5) is 8.78 Å². The number of allylic oxidation sites excluding steroid dienone is 3. The Kier molecular flexibility index (Phi) is 7.71. The molecule has 0 aromatic heterocycles. The first-order valence-corrected chi connectivity index (χ1v) is 11.8. The average Bonchev–Trinajstić information content (AvgIpc) is 3.09. The Morgan fingerprint density at radius 1 is 0.829 bits per heavy atom. The highest BCUT2D eigenvalue weighted by atomic mass is 19.1. The number of likely N-dealkylation sites (N-methyl/N-ethyl adjacent to an activating group) is 1. The van der Waals surface area contributed by atoms with Crippen molar-refractivity contribution in [2.24, 2.45) is 0 Å². The van der Waals surface area contributed by atoms with E-state index in [0.717, 1.165) is 28.0 Å². The smallest absolute Gasteiger partial charge is 0.174 e. The second kappa shape index (κ2) is 11.1. The van der Waals surface area contributed by atoms with E-state index in [4.69, 9.17) is 0 Å². The maximum atomic E-state index is 14.2. The summed E-state index contributed by atoms with van der Waals surface area (Å²) in [6.45, 7) is 4.41. The van der Waals surface area contributed by atoms with Gasteiger partial charge in [0.25, 0.3) is 0 Å². The van der Waals surface area contributed by atoms with Crippen molar-refractivity contribution in [1.29, 1.82) is 0 Å². The highest BCUT2D eigenvalue weighted by Crippen LogP contribution is 2.28. The fourth-order valence-electron chi connectivity index (χ4n) is 4.53. The van der Waals surface area contributed by atoms with E-state index >= 15 is 0 Å². The maximum Gasteiger partial charge on any atom is 0.174 e. The Morgan fingerprint density at radius 2 is 1.34 bits per heavy atom. The van der Waals surface area contributed by atoms with Crippen LogP contribution in [0.25, 0.3) is 11.3 Å². The van der Waals surface area contributed by atoms with Crippen molar-refractivity contribution in [3.05, 3.63) is 131 Å². The highest BCUT2D eigenvalue weighted by molar-refractivity contribution is 5.93. The fraction of sp³-hybridized carbons (Fsp3) is 0.194. The number of fused-ring (bicyclic) bond motifs is 1. The molecule has 0 spiro atoms. The lowest BCUT2D eigenvalue weighted by Crippen LogP contribution is -2.24. The van der Waals surface area contributed by atoms with Crippen molar-refractivity contribution in [2.75, 3.05) is 13.6 Å². The zero-order valence-corrected chi connectivity index (χ0v) is 19.9. The van der Waals surface area contributed by atoms with Crippen molar-refractivity contribution in [2.45, 2.75) is 25.7 Å². The summed E-state index contributed by atoms with van der Waals surface area (Å²) in [7, 11) is 1.89. The van der Waals surface area contributed by atoms with Gasteiger partial charge in [0.1, 0.15) is 11.6 Å². The molecule has 4 heteroatoms. The number of carbonyl (C=O) groups is 1. The van der Waals surface area contributed by atoms with E-state index in [2.05, 4.69) is 6.58 Å². The Balaban J connectivity index is 1.51. The minimum Gasteiger partial charge on any atom is -0.366 e. The number of benzene rings is 3. The molecule has 1 aliphatic carbocycles. The van der Waals surface area contributed by atoms with E-state index in [-0.39, 0.29) is 24.0 Å². The predicted octanol–water partition coefficient (Wildman–Crippen LogP) is 7.03. The summed E-state index contributed by atoms with van der Waals surface area (Å²) in [4.78, 5) is 14.9. The lowest BCUT2D eigenvalue weighted by atomic mass is 10.0. The van der Waals surface area contributed by atoms with Gasteiger partial charge in [-0.1, -0.05) is 72.8 Å². The van der Waals surface area contributed by atoms with Crippen molar-refractivity contribution in [3.63, 3.8) is 0 Å². The van der Waals surface area contributed by atoms with Gasteiger partial charge in [-0.15, -0.1) is 0 Å². The van der Waals surface area contributed by atoms with Gasteiger partial charge in [-0.2, -0.15) is 0 Å². The molecular formula is C31H29F2NO. The van der Waals surface area contributed by atoms with Crippen LogP contribution in [-0.2, 0) is 17.6 Å². The van der Waals surface area contributed by atoms with E-state index in [1.807, 2.05) is 78.7 Å². The van der Waals surface area contributed by atoms with Crippen molar-refractivity contribution < 1.29 is 13.6 Å². The van der Waals surface area contributed by atoms with Crippen LogP contribution in [0.1, 0.15) is 35.1 Å². The predicted molar refractivity (Wildman–Crippen MR) is 139 cm³/mol. The molecule has 178 valence electrons. The van der Waals surface area contributed by atoms with Crippen LogP contribution in [0.2, 0.25) is 0 Å². The molecular weight excluding hydrogens is 440 g/mol. The van der Waals surface area contributed by atoms with Gasteiger partial charge in [0, 0.05) is 12.7 Å². The minimum atomic E-state index is -0.370. The summed E-state index contributed by atoms with van der Waals surface area (Å²) >= 11 is 0. The van der Waals surface area contributed by atoms with Crippen LogP contribution in [0.5, 0.6) is 0 Å². The van der Waals surface area contributed by atoms with Gasteiger partial charge >= 0.3 is 0 Å². The summed E-state index contributed by atoms with van der Waals surface area (Å²) in [6.07, 6.45) is 5.57. The molecule has 0 amide bonds. The largest absolute Gasteiger partial charge is 0.366 e. The number of ketones is 1. The number of hydrogen-bond acceptors (Lipinski definition) is 2. The number of hydrogen-bond donors (Lipinski definition) is 0. The first-order valence-electron chi connectivity index (χ1n) is 11.8. The Bertz CT molecular complexity index is 1240. The zero-order chi connectivity index (χ0) is 24.8. The first kappa shape index (κ1) is 24.3. The monoisotopic (exact) mass is 469 g/mol. The van der Waals surface area contributed by atoms with Crippen LogP contribution in [0.15, 0.2) is 97.1 Å². The molecule has 0 unspecified atom stereocenters. The number of rotatable bonds is 7. The van der Waals surface area contributed by atoms with E-state index < -0.39 is 0 Å². The second-order valence-electron chi connectivity index (χ2n) is 8.90. The van der Waals surface area contributed by atoms with Gasteiger partial charge in [-0.05, 0) is 77.8 Å². The number of halogens is 2. The van der Waals surface area contributed by atoms with Crippen LogP contribution in [0.3, 0.4) is 0 Å². The van der Waals surface area contributed by atoms with E-state index in [0.29, 0.717) is 36.8 Å². The van der Waals surface area contributed by atoms with E-state index in [1.54, 1.807) is 6.08 Å². The zero-order valence-electron chi connectivity index (χ0n) is 19.9. The maximum absolute atomic E-state index is 14.2. The van der Waals surface area contributed by atoms with Crippen LogP contribution in [0, 0.1) is 11.6 Å². The second-order valence-corrected chi connectivity index (χ2v) is 8.90. The van der Waals surface area contributed by atoms with Crippen LogP contribution in [-0.4, -0.2) is 24.3 Å². The van der Waals surface area contributed by atoms with E-state index in [1.165, 1.54) is 12.1 Å². The third-order valence-electron chi connectivity index (χ3n) is 6.40. The summed E-state index contributed by atoms with van der Waals surface area (Å²) in [5.74, 6) is -0.781. The summed E-state index contributed by atoms with van der Waals surface area (Å²) in [6, 6.07) is 22.2. The molecule has 0 atom stereocenters. The van der Waals surface area contributed by atoms with Gasteiger partial charge in [0.2, 0.25) is 0 Å². The van der Waals surface area contributed by atoms with Crippen molar-refractivity contribution in [3.8, 4) is 0 Å². The number of nitrogens with zero attached hydrogens (tertiary/aromatic N) is 1. The summed E-state index contributed by atoms with van der Waals surface area (Å²) in [5, 5.41) is 0. The Morgan fingerprint density at radius 3 is 1.89 bits per heavy atom. The van der Waals surface area contributed by atoms with E-state index in [9.17, 15) is 13.6 Å². The minimum absolute atomic E-state index is 0.0402. The molecule has 0 aliphatic heterocycles. The molecule has 2 nitrogen and oxygen atoms in total. The molecule has 0 radical (unpaired) electrons. The van der Waals surface area contributed by atoms with Crippen LogP contribution < -0.4 is 0 Å². The lowest BCUT2D eigenvalue weighted by molar-refractivity contribution is -0.114. The van der Waals surface area contributed by atoms with Gasteiger partial charge in [-0.25, -0.2) is 8.78 Å². The average molecular weight is 470 g/mol. The van der Waals surface area contributed by atoms with Crippen molar-refractivity contribution in [1.82, 2.24) is 4.90 Å². The quantitative estimate of drug-likeness (QED) is 0.210. The molecule has 1 aliphatic rings. The topological polar surface area (TPSA) is 20.3 Å². The number of carbonyl (C=O) groups excluding carboxylic acids is 1. The van der Waals surface area contributed by atoms with Gasteiger partial charge < -0.3 is 4.90 Å². The van der Waals surface area contributed by atoms with Crippen LogP contribution >= 0.6 is 0 Å². The summed E-state index contributed by atoms with van der Waals surface area (Å²) < 4.78 is 28.4. The molecule has 35 heavy (non-hydrogen) atoms. The normalized spacial score (nSPS) is 13.6. The molecule has 0 saturated carbocycles. The molecule has 4 rings (SSSR count). The standard InChI is InChI=1S/C31H29F2NO/c1-22(24-9-5-3-6-10-24)19-31(25-11-7-4-8-12-25)34(2)21-26(35)20-23-13-15-27-28(16-14-23)30(33)18-17-29(27)32/h3-12,17-20H,1,13-16,21H2,2H3/b31-19-. The highest BCUT2D eigenvalue weighted by Gasteiger charge is 2.19. The lowest BCUT2D eigenvalue weighted by Gasteiger charge is -2.23. The van der Waals surface area contributed by atoms with Gasteiger partial charge in [-0.3, -0.25) is 4.79 Å². The Hall–Kier alpha value is -3.79. The van der Waals surface area contributed by atoms with Gasteiger partial charge in [0.15, 0.2) is 5.78 Å². The molecule has 0 heterocycles.